The summed E-state index contributed by atoms with van der Waals surface area (Å²) < 4.78 is 28.2. The summed E-state index contributed by atoms with van der Waals surface area (Å²) in [6.45, 7) is 0.309. The van der Waals surface area contributed by atoms with Gasteiger partial charge in [0, 0.05) is 34.0 Å². The molecule has 1 aliphatic heterocycles. The molecule has 5 nitrogen and oxygen atoms in total. The van der Waals surface area contributed by atoms with E-state index >= 15 is 0 Å². The molecular formula is C12H13BrClNO4S. The first-order valence-electron chi connectivity index (χ1n) is 5.87. The molecule has 1 heterocycles. The summed E-state index contributed by atoms with van der Waals surface area (Å²) in [4.78, 5) is 13.6. The van der Waals surface area contributed by atoms with Crippen LogP contribution >= 0.6 is 26.6 Å². The third-order valence-electron chi connectivity index (χ3n) is 3.08. The van der Waals surface area contributed by atoms with Crippen LogP contribution in [0, 0.1) is 5.92 Å². The number of halogens is 2. The Hall–Kier alpha value is -0.790. The van der Waals surface area contributed by atoms with Crippen molar-refractivity contribution in [3.05, 3.63) is 22.7 Å². The number of hydrogen-bond donors (Lipinski definition) is 0. The topological polar surface area (TPSA) is 63.7 Å². The van der Waals surface area contributed by atoms with Crippen molar-refractivity contribution < 1.29 is 17.9 Å². The van der Waals surface area contributed by atoms with Crippen molar-refractivity contribution in [3.63, 3.8) is 0 Å². The first kappa shape index (κ1) is 15.6. The molecule has 0 bridgehead atoms. The molecule has 20 heavy (non-hydrogen) atoms. The van der Waals surface area contributed by atoms with E-state index in [4.69, 9.17) is 15.4 Å². The molecule has 0 aliphatic carbocycles. The van der Waals surface area contributed by atoms with Gasteiger partial charge in [0.25, 0.3) is 0 Å². The second-order valence-electron chi connectivity index (χ2n) is 4.57. The van der Waals surface area contributed by atoms with E-state index in [1.807, 2.05) is 0 Å². The number of rotatable bonds is 4. The highest BCUT2D eigenvalue weighted by Gasteiger charge is 2.35. The number of nitrogens with zero attached hydrogens (tertiary/aromatic N) is 1. The summed E-state index contributed by atoms with van der Waals surface area (Å²) in [5.74, 6) is -0.0896. The lowest BCUT2D eigenvalue weighted by Gasteiger charge is -2.21. The number of carbonyl (C=O) groups excluding carboxylic acids is 1. The van der Waals surface area contributed by atoms with Crippen molar-refractivity contribution in [1.29, 1.82) is 0 Å². The van der Waals surface area contributed by atoms with E-state index in [0.717, 1.165) is 4.47 Å². The van der Waals surface area contributed by atoms with Crippen LogP contribution in [0.5, 0.6) is 5.75 Å². The Bertz CT molecular complexity index is 634. The summed E-state index contributed by atoms with van der Waals surface area (Å²) in [6.07, 6.45) is 0.163. The first-order chi connectivity index (χ1) is 9.31. The lowest BCUT2D eigenvalue weighted by Crippen LogP contribution is -2.26. The maximum Gasteiger partial charge on any atom is 0.232 e. The average Bonchev–Trinajstić information content (AvgIpc) is 2.67. The quantitative estimate of drug-likeness (QED) is 0.750. The molecule has 1 fully saturated rings. The van der Waals surface area contributed by atoms with Gasteiger partial charge in [0.05, 0.1) is 12.9 Å². The van der Waals surface area contributed by atoms with Crippen LogP contribution in [0.25, 0.3) is 0 Å². The Kier molecular flexibility index (Phi) is 4.61. The molecule has 1 amide bonds. The number of para-hydroxylation sites is 1. The molecule has 1 unspecified atom stereocenters. The summed E-state index contributed by atoms with van der Waals surface area (Å²) >= 11 is 3.39. The number of hydrogen-bond acceptors (Lipinski definition) is 4. The Morgan fingerprint density at radius 3 is 2.80 bits per heavy atom. The average molecular weight is 383 g/mol. The van der Waals surface area contributed by atoms with Gasteiger partial charge in [-0.25, -0.2) is 8.42 Å². The molecule has 1 aliphatic rings. The number of benzene rings is 1. The van der Waals surface area contributed by atoms with Crippen LogP contribution in [0.15, 0.2) is 22.7 Å². The lowest BCUT2D eigenvalue weighted by molar-refractivity contribution is -0.117. The molecule has 1 aromatic rings. The van der Waals surface area contributed by atoms with Crippen LogP contribution in [0.1, 0.15) is 6.42 Å². The zero-order chi connectivity index (χ0) is 14.9. The fourth-order valence-electron chi connectivity index (χ4n) is 2.31. The number of anilines is 1. The molecule has 1 saturated heterocycles. The highest BCUT2D eigenvalue weighted by Crippen LogP contribution is 2.39. The number of carbonyl (C=O) groups is 1. The van der Waals surface area contributed by atoms with E-state index in [2.05, 4.69) is 15.9 Å². The van der Waals surface area contributed by atoms with E-state index in [0.29, 0.717) is 18.0 Å². The third-order valence-corrected chi connectivity index (χ3v) is 4.97. The Balaban J connectivity index is 2.29. The van der Waals surface area contributed by atoms with Crippen molar-refractivity contribution in [3.8, 4) is 5.75 Å². The third kappa shape index (κ3) is 3.45. The fourth-order valence-corrected chi connectivity index (χ4v) is 4.20. The minimum atomic E-state index is -3.61. The minimum Gasteiger partial charge on any atom is -0.495 e. The van der Waals surface area contributed by atoms with E-state index in [1.54, 1.807) is 18.2 Å². The molecule has 110 valence electrons. The van der Waals surface area contributed by atoms with E-state index in [-0.39, 0.29) is 24.0 Å². The van der Waals surface area contributed by atoms with Crippen LogP contribution in [-0.2, 0) is 13.8 Å². The van der Waals surface area contributed by atoms with Gasteiger partial charge in [0.1, 0.15) is 11.4 Å². The zero-order valence-corrected chi connectivity index (χ0v) is 13.8. The van der Waals surface area contributed by atoms with Crippen molar-refractivity contribution in [2.45, 2.75) is 6.42 Å². The van der Waals surface area contributed by atoms with Crippen LogP contribution in [0.3, 0.4) is 0 Å². The fraction of sp³-hybridized carbons (Fsp3) is 0.417. The molecule has 0 N–H and O–H groups in total. The van der Waals surface area contributed by atoms with Crippen molar-refractivity contribution in [2.24, 2.45) is 5.92 Å². The smallest absolute Gasteiger partial charge is 0.232 e. The first-order valence-corrected chi connectivity index (χ1v) is 9.14. The molecule has 8 heteroatoms. The largest absolute Gasteiger partial charge is 0.495 e. The maximum absolute atomic E-state index is 12.1. The van der Waals surface area contributed by atoms with Gasteiger partial charge in [-0.3, -0.25) is 4.79 Å². The van der Waals surface area contributed by atoms with Gasteiger partial charge < -0.3 is 9.64 Å². The second-order valence-corrected chi connectivity index (χ2v) is 8.25. The van der Waals surface area contributed by atoms with Gasteiger partial charge in [0.2, 0.25) is 15.0 Å². The number of ether oxygens (including phenoxy) is 1. The molecule has 0 aromatic heterocycles. The molecule has 1 atom stereocenters. The zero-order valence-electron chi connectivity index (χ0n) is 10.7. The van der Waals surface area contributed by atoms with Crippen LogP contribution in [0.4, 0.5) is 5.69 Å². The minimum absolute atomic E-state index is 0.138. The summed E-state index contributed by atoms with van der Waals surface area (Å²) in [5, 5.41) is 0. The lowest BCUT2D eigenvalue weighted by atomic mass is 10.1. The van der Waals surface area contributed by atoms with E-state index < -0.39 is 9.05 Å². The van der Waals surface area contributed by atoms with E-state index in [1.165, 1.54) is 12.0 Å². The number of amides is 1. The van der Waals surface area contributed by atoms with E-state index in [9.17, 15) is 13.2 Å². The predicted octanol–water partition coefficient (Wildman–Crippen LogP) is 2.38. The van der Waals surface area contributed by atoms with Crippen molar-refractivity contribution in [1.82, 2.24) is 0 Å². The number of methoxy groups -OCH3 is 1. The highest BCUT2D eigenvalue weighted by molar-refractivity contribution is 9.10. The predicted molar refractivity (Wildman–Crippen MR) is 80.8 cm³/mol. The van der Waals surface area contributed by atoms with Gasteiger partial charge in [-0.1, -0.05) is 6.07 Å². The van der Waals surface area contributed by atoms with Crippen LogP contribution < -0.4 is 9.64 Å². The van der Waals surface area contributed by atoms with Crippen molar-refractivity contribution >= 4 is 47.3 Å². The van der Waals surface area contributed by atoms with Crippen LogP contribution in [-0.4, -0.2) is 33.7 Å². The second kappa shape index (κ2) is 5.91. The molecule has 0 radical (unpaired) electrons. The molecule has 2 rings (SSSR count). The van der Waals surface area contributed by atoms with Gasteiger partial charge in [-0.2, -0.15) is 0 Å². The summed E-state index contributed by atoms with van der Waals surface area (Å²) in [5.41, 5.74) is 0.620. The van der Waals surface area contributed by atoms with Crippen LogP contribution in [0.2, 0.25) is 0 Å². The normalized spacial score (nSPS) is 19.4. The standard InChI is InChI=1S/C12H13BrClNO4S/c1-19-10-4-2-3-9(13)12(10)15-6-8(5-11(15)16)7-20(14,17)18/h2-4,8H,5-7H2,1H3. The maximum atomic E-state index is 12.1. The SMILES string of the molecule is COc1cccc(Br)c1N1CC(CS(=O)(=O)Cl)CC1=O. The Labute approximate surface area is 130 Å². The van der Waals surface area contributed by atoms with Gasteiger partial charge in [0.15, 0.2) is 0 Å². The summed E-state index contributed by atoms with van der Waals surface area (Å²) in [6, 6.07) is 5.35. The monoisotopic (exact) mass is 381 g/mol. The molecule has 1 aromatic carbocycles. The molecule has 0 saturated carbocycles. The Morgan fingerprint density at radius 2 is 2.20 bits per heavy atom. The Morgan fingerprint density at radius 1 is 1.50 bits per heavy atom. The highest BCUT2D eigenvalue weighted by atomic mass is 79.9. The molecular weight excluding hydrogens is 370 g/mol. The van der Waals surface area contributed by atoms with Gasteiger partial charge in [-0.05, 0) is 28.1 Å². The van der Waals surface area contributed by atoms with Gasteiger partial charge in [-0.15, -0.1) is 0 Å². The molecule has 0 spiro atoms. The van der Waals surface area contributed by atoms with Gasteiger partial charge >= 0.3 is 0 Å². The summed E-state index contributed by atoms with van der Waals surface area (Å²) in [7, 11) is 3.16. The van der Waals surface area contributed by atoms with Crippen molar-refractivity contribution in [2.75, 3.05) is 24.3 Å².